The highest BCUT2D eigenvalue weighted by atomic mass is 16.4. The highest BCUT2D eigenvalue weighted by Crippen LogP contribution is 2.11. The van der Waals surface area contributed by atoms with Crippen molar-refractivity contribution >= 4 is 29.6 Å². The maximum atomic E-state index is 12.9. The topological polar surface area (TPSA) is 194 Å². The van der Waals surface area contributed by atoms with E-state index in [2.05, 4.69) is 16.0 Å². The average Bonchev–Trinajstić information content (AvgIpc) is 2.68. The fourth-order valence-corrected chi connectivity index (χ4v) is 2.89. The van der Waals surface area contributed by atoms with Gasteiger partial charge in [-0.05, 0) is 24.2 Å². The van der Waals surface area contributed by atoms with Gasteiger partial charge >= 0.3 is 5.97 Å². The number of aliphatic carboxylic acids is 1. The summed E-state index contributed by atoms with van der Waals surface area (Å²) in [6, 6.07) is -4.42. The number of carbonyl (C=O) groups is 5. The highest BCUT2D eigenvalue weighted by Gasteiger charge is 2.33. The molecule has 184 valence electrons. The van der Waals surface area contributed by atoms with Crippen LogP contribution < -0.4 is 27.4 Å². The first-order chi connectivity index (χ1) is 14.7. The molecule has 0 heterocycles. The standard InChI is InChI=1S/C21H39N5O6/c1-7-12(6)17(20(30)25-14(21(31)32)8-10(2)3)26-18(28)13(9-15(22)27)24-19(29)16(23)11(4)5/h10-14,16-17H,7-9,23H2,1-6H3,(H2,22,27)(H,24,29)(H,25,30)(H,26,28)(H,31,32). The second-order valence-electron chi connectivity index (χ2n) is 8.90. The summed E-state index contributed by atoms with van der Waals surface area (Å²) in [5, 5.41) is 16.8. The number of carboxylic acids is 1. The van der Waals surface area contributed by atoms with Crippen molar-refractivity contribution in [2.45, 2.75) is 85.0 Å². The summed E-state index contributed by atoms with van der Waals surface area (Å²) in [4.78, 5) is 61.0. The van der Waals surface area contributed by atoms with Crippen LogP contribution in [0, 0.1) is 17.8 Å². The Labute approximate surface area is 189 Å². The Hall–Kier alpha value is -2.69. The molecule has 0 aliphatic carbocycles. The summed E-state index contributed by atoms with van der Waals surface area (Å²) in [6.07, 6.45) is 0.239. The van der Waals surface area contributed by atoms with Crippen molar-refractivity contribution in [2.24, 2.45) is 29.2 Å². The lowest BCUT2D eigenvalue weighted by Gasteiger charge is -2.28. The molecular weight excluding hydrogens is 418 g/mol. The molecule has 0 saturated carbocycles. The van der Waals surface area contributed by atoms with Gasteiger partial charge in [-0.15, -0.1) is 0 Å². The predicted molar refractivity (Wildman–Crippen MR) is 119 cm³/mol. The van der Waals surface area contributed by atoms with Gasteiger partial charge in [-0.2, -0.15) is 0 Å². The highest BCUT2D eigenvalue weighted by molar-refractivity contribution is 5.96. The van der Waals surface area contributed by atoms with Crippen LogP contribution in [0.15, 0.2) is 0 Å². The van der Waals surface area contributed by atoms with Crippen LogP contribution in [0.5, 0.6) is 0 Å². The molecule has 8 N–H and O–H groups in total. The van der Waals surface area contributed by atoms with Gasteiger partial charge in [-0.1, -0.05) is 48.0 Å². The number of carbonyl (C=O) groups excluding carboxylic acids is 4. The third-order valence-electron chi connectivity index (χ3n) is 5.17. The third kappa shape index (κ3) is 10.1. The maximum Gasteiger partial charge on any atom is 0.326 e. The molecule has 32 heavy (non-hydrogen) atoms. The fraction of sp³-hybridized carbons (Fsp3) is 0.762. The maximum absolute atomic E-state index is 12.9. The van der Waals surface area contributed by atoms with Crippen LogP contribution in [-0.2, 0) is 24.0 Å². The molecule has 0 aromatic carbocycles. The molecular formula is C21H39N5O6. The van der Waals surface area contributed by atoms with E-state index in [-0.39, 0.29) is 24.2 Å². The molecule has 4 amide bonds. The lowest BCUT2D eigenvalue weighted by molar-refractivity contribution is -0.143. The molecule has 0 aliphatic heterocycles. The molecule has 0 radical (unpaired) electrons. The van der Waals surface area contributed by atoms with E-state index in [9.17, 15) is 29.1 Å². The average molecular weight is 458 g/mol. The Morgan fingerprint density at radius 1 is 0.844 bits per heavy atom. The van der Waals surface area contributed by atoms with Gasteiger partial charge < -0.3 is 32.5 Å². The van der Waals surface area contributed by atoms with Crippen molar-refractivity contribution in [3.05, 3.63) is 0 Å². The summed E-state index contributed by atoms with van der Waals surface area (Å²) >= 11 is 0. The van der Waals surface area contributed by atoms with Gasteiger partial charge in [0, 0.05) is 0 Å². The van der Waals surface area contributed by atoms with E-state index in [0.29, 0.717) is 6.42 Å². The van der Waals surface area contributed by atoms with E-state index in [0.717, 1.165) is 0 Å². The second kappa shape index (κ2) is 13.7. The SMILES string of the molecule is CCC(C)C(NC(=O)C(CC(N)=O)NC(=O)C(N)C(C)C)C(=O)NC(CC(C)C)C(=O)O. The van der Waals surface area contributed by atoms with Gasteiger partial charge in [-0.25, -0.2) is 4.79 Å². The lowest BCUT2D eigenvalue weighted by atomic mass is 9.96. The lowest BCUT2D eigenvalue weighted by Crippen LogP contribution is -2.59. The number of amides is 4. The normalized spacial score (nSPS) is 15.9. The summed E-state index contributed by atoms with van der Waals surface area (Å²) in [6.45, 7) is 10.6. The van der Waals surface area contributed by atoms with Crippen LogP contribution in [-0.4, -0.2) is 58.9 Å². The minimum atomic E-state index is -1.32. The minimum Gasteiger partial charge on any atom is -0.480 e. The van der Waals surface area contributed by atoms with E-state index in [1.165, 1.54) is 0 Å². The van der Waals surface area contributed by atoms with Gasteiger partial charge in [0.15, 0.2) is 0 Å². The molecule has 0 fully saturated rings. The van der Waals surface area contributed by atoms with E-state index in [1.807, 2.05) is 20.8 Å². The van der Waals surface area contributed by atoms with Crippen molar-refractivity contribution < 1.29 is 29.1 Å². The molecule has 0 rings (SSSR count). The monoisotopic (exact) mass is 457 g/mol. The summed E-state index contributed by atoms with van der Waals surface area (Å²) in [7, 11) is 0. The van der Waals surface area contributed by atoms with E-state index in [4.69, 9.17) is 11.5 Å². The van der Waals surface area contributed by atoms with Crippen LogP contribution in [0.4, 0.5) is 0 Å². The largest absolute Gasteiger partial charge is 0.480 e. The molecule has 0 saturated heterocycles. The first-order valence-corrected chi connectivity index (χ1v) is 10.9. The Bertz CT molecular complexity index is 682. The zero-order chi connectivity index (χ0) is 25.2. The Morgan fingerprint density at radius 2 is 1.38 bits per heavy atom. The third-order valence-corrected chi connectivity index (χ3v) is 5.17. The van der Waals surface area contributed by atoms with Crippen LogP contribution in [0.2, 0.25) is 0 Å². The number of hydrogen-bond donors (Lipinski definition) is 6. The van der Waals surface area contributed by atoms with Crippen molar-refractivity contribution in [3.63, 3.8) is 0 Å². The van der Waals surface area contributed by atoms with E-state index in [1.54, 1.807) is 20.8 Å². The molecule has 0 aromatic heterocycles. The predicted octanol–water partition coefficient (Wildman–Crippen LogP) is -0.524. The first-order valence-electron chi connectivity index (χ1n) is 10.9. The van der Waals surface area contributed by atoms with Crippen LogP contribution in [0.1, 0.15) is 60.8 Å². The molecule has 0 bridgehead atoms. The molecule has 0 aliphatic rings. The Morgan fingerprint density at radius 3 is 1.78 bits per heavy atom. The van der Waals surface area contributed by atoms with Gasteiger partial charge in [0.05, 0.1) is 12.5 Å². The number of rotatable bonds is 14. The second-order valence-corrected chi connectivity index (χ2v) is 8.90. The molecule has 0 aromatic rings. The summed E-state index contributed by atoms with van der Waals surface area (Å²) < 4.78 is 0. The number of primary amides is 1. The van der Waals surface area contributed by atoms with Gasteiger partial charge in [-0.3, -0.25) is 19.2 Å². The molecule has 0 spiro atoms. The first kappa shape index (κ1) is 29.3. The van der Waals surface area contributed by atoms with Gasteiger partial charge in [0.25, 0.3) is 0 Å². The van der Waals surface area contributed by atoms with Crippen LogP contribution in [0.3, 0.4) is 0 Å². The Kier molecular flexibility index (Phi) is 12.5. The van der Waals surface area contributed by atoms with Crippen LogP contribution >= 0.6 is 0 Å². The zero-order valence-electron chi connectivity index (χ0n) is 19.8. The van der Waals surface area contributed by atoms with Crippen LogP contribution in [0.25, 0.3) is 0 Å². The van der Waals surface area contributed by atoms with Gasteiger partial charge in [0.2, 0.25) is 23.6 Å². The van der Waals surface area contributed by atoms with E-state index >= 15 is 0 Å². The molecule has 11 heteroatoms. The summed E-state index contributed by atoms with van der Waals surface area (Å²) in [5.74, 6) is -4.62. The van der Waals surface area contributed by atoms with Gasteiger partial charge in [0.1, 0.15) is 18.1 Å². The Balaban J connectivity index is 5.59. The van der Waals surface area contributed by atoms with Crippen molar-refractivity contribution in [1.82, 2.24) is 16.0 Å². The minimum absolute atomic E-state index is 0.0216. The number of carboxylic acid groups (broad SMARTS) is 1. The smallest absolute Gasteiger partial charge is 0.326 e. The quantitative estimate of drug-likeness (QED) is 0.202. The molecule has 5 unspecified atom stereocenters. The van der Waals surface area contributed by atoms with Crippen molar-refractivity contribution in [1.29, 1.82) is 0 Å². The molecule has 11 nitrogen and oxygen atoms in total. The number of nitrogens with two attached hydrogens (primary N) is 2. The summed E-state index contributed by atoms with van der Waals surface area (Å²) in [5.41, 5.74) is 11.0. The number of nitrogens with one attached hydrogen (secondary N) is 3. The fourth-order valence-electron chi connectivity index (χ4n) is 2.89. The molecule has 5 atom stereocenters. The van der Waals surface area contributed by atoms with Crippen molar-refractivity contribution in [3.8, 4) is 0 Å². The zero-order valence-corrected chi connectivity index (χ0v) is 19.8. The van der Waals surface area contributed by atoms with Crippen molar-refractivity contribution in [2.75, 3.05) is 0 Å². The number of hydrogen-bond acceptors (Lipinski definition) is 6. The van der Waals surface area contributed by atoms with E-state index < -0.39 is 60.2 Å².